The highest BCUT2D eigenvalue weighted by molar-refractivity contribution is 5.75. The maximum Gasteiger partial charge on any atom is 0.263 e. The molecule has 7 heteroatoms. The molecule has 0 radical (unpaired) electrons. The van der Waals surface area contributed by atoms with Gasteiger partial charge in [-0.05, 0) is 25.0 Å². The van der Waals surface area contributed by atoms with Gasteiger partial charge in [0, 0.05) is 11.8 Å². The van der Waals surface area contributed by atoms with Crippen LogP contribution < -0.4 is 15.6 Å². The van der Waals surface area contributed by atoms with E-state index in [0.29, 0.717) is 23.0 Å². The van der Waals surface area contributed by atoms with Crippen molar-refractivity contribution >= 4 is 22.7 Å². The Hall–Kier alpha value is -2.83. The zero-order chi connectivity index (χ0) is 16.5. The third kappa shape index (κ3) is 2.62. The van der Waals surface area contributed by atoms with Crippen LogP contribution in [0.2, 0.25) is 0 Å². The molecule has 7 nitrogen and oxygen atoms in total. The molecular weight excluding hydrogens is 306 g/mol. The molecule has 124 valence electrons. The number of nitrogens with one attached hydrogen (secondary N) is 2. The zero-order valence-corrected chi connectivity index (χ0v) is 13.5. The lowest BCUT2D eigenvalue weighted by Gasteiger charge is -2.11. The van der Waals surface area contributed by atoms with Crippen LogP contribution in [0.5, 0.6) is 5.75 Å². The summed E-state index contributed by atoms with van der Waals surface area (Å²) in [5.41, 5.74) is 1.24. The first-order valence-corrected chi connectivity index (χ1v) is 8.13. The van der Waals surface area contributed by atoms with Crippen molar-refractivity contribution in [3.05, 3.63) is 40.8 Å². The number of H-pyrrole nitrogens is 1. The minimum atomic E-state index is -0.186. The van der Waals surface area contributed by atoms with E-state index in [4.69, 9.17) is 4.74 Å². The summed E-state index contributed by atoms with van der Waals surface area (Å²) in [7, 11) is 1.62. The molecule has 0 amide bonds. The first-order valence-electron chi connectivity index (χ1n) is 8.13. The van der Waals surface area contributed by atoms with Gasteiger partial charge in [-0.1, -0.05) is 18.9 Å². The third-order valence-corrected chi connectivity index (χ3v) is 4.47. The van der Waals surface area contributed by atoms with Gasteiger partial charge < -0.3 is 10.1 Å². The van der Waals surface area contributed by atoms with E-state index in [-0.39, 0.29) is 5.56 Å². The van der Waals surface area contributed by atoms with Crippen LogP contribution in [0.1, 0.15) is 31.7 Å². The second-order valence-electron chi connectivity index (χ2n) is 6.04. The van der Waals surface area contributed by atoms with Gasteiger partial charge in [-0.3, -0.25) is 9.78 Å². The second kappa shape index (κ2) is 5.99. The maximum absolute atomic E-state index is 12.3. The van der Waals surface area contributed by atoms with Crippen LogP contribution >= 0.6 is 0 Å². The van der Waals surface area contributed by atoms with Crippen molar-refractivity contribution in [3.63, 3.8) is 0 Å². The molecule has 0 aliphatic heterocycles. The number of benzene rings is 1. The molecule has 0 saturated heterocycles. The Morgan fingerprint density at radius 2 is 2.17 bits per heavy atom. The van der Waals surface area contributed by atoms with E-state index < -0.39 is 0 Å². The maximum atomic E-state index is 12.3. The molecule has 24 heavy (non-hydrogen) atoms. The van der Waals surface area contributed by atoms with E-state index in [0.717, 1.165) is 24.3 Å². The Bertz CT molecular complexity index is 924. The van der Waals surface area contributed by atoms with Gasteiger partial charge in [0.1, 0.15) is 11.1 Å². The average Bonchev–Trinajstić information content (AvgIpc) is 3.24. The van der Waals surface area contributed by atoms with Gasteiger partial charge in [-0.25, -0.2) is 4.68 Å². The number of nitrogens with zero attached hydrogens (tertiary/aromatic N) is 3. The molecule has 2 heterocycles. The van der Waals surface area contributed by atoms with Gasteiger partial charge >= 0.3 is 0 Å². The molecule has 1 aliphatic carbocycles. The van der Waals surface area contributed by atoms with Crippen molar-refractivity contribution in [1.82, 2.24) is 19.7 Å². The van der Waals surface area contributed by atoms with Crippen LogP contribution in [-0.4, -0.2) is 26.9 Å². The van der Waals surface area contributed by atoms with E-state index in [9.17, 15) is 4.79 Å². The standard InChI is InChI=1S/C17H19N5O2/c1-24-13-8-4-5-11(9-13)19-17-20-15-14(16(23)21-17)10-18-22(15)12-6-2-3-7-12/h4-5,8-10,12H,2-3,6-7H2,1H3,(H2,19,20,21,23). The number of ether oxygens (including phenoxy) is 1. The molecule has 0 spiro atoms. The van der Waals surface area contributed by atoms with Crippen molar-refractivity contribution in [2.75, 3.05) is 12.4 Å². The fourth-order valence-corrected chi connectivity index (χ4v) is 3.25. The average molecular weight is 325 g/mol. The molecule has 3 aromatic rings. The van der Waals surface area contributed by atoms with Gasteiger partial charge in [0.2, 0.25) is 5.95 Å². The summed E-state index contributed by atoms with van der Waals surface area (Å²) in [6.45, 7) is 0. The van der Waals surface area contributed by atoms with Crippen LogP contribution in [0.4, 0.5) is 11.6 Å². The first-order chi connectivity index (χ1) is 11.7. The van der Waals surface area contributed by atoms with Crippen molar-refractivity contribution < 1.29 is 4.74 Å². The molecule has 1 saturated carbocycles. The molecule has 0 unspecified atom stereocenters. The summed E-state index contributed by atoms with van der Waals surface area (Å²) in [6, 6.07) is 7.81. The van der Waals surface area contributed by atoms with Crippen molar-refractivity contribution in [1.29, 1.82) is 0 Å². The highest BCUT2D eigenvalue weighted by atomic mass is 16.5. The SMILES string of the molecule is COc1cccc(Nc2nc3c(cnn3C3CCCC3)c(=O)[nH]2)c1. The first kappa shape index (κ1) is 14.7. The van der Waals surface area contributed by atoms with Crippen LogP contribution in [0.15, 0.2) is 35.3 Å². The van der Waals surface area contributed by atoms with Crippen molar-refractivity contribution in [2.45, 2.75) is 31.7 Å². The largest absolute Gasteiger partial charge is 0.497 e. The van der Waals surface area contributed by atoms with Crippen LogP contribution in [-0.2, 0) is 0 Å². The third-order valence-electron chi connectivity index (χ3n) is 4.47. The predicted molar refractivity (Wildman–Crippen MR) is 91.9 cm³/mol. The number of fused-ring (bicyclic) bond motifs is 1. The van der Waals surface area contributed by atoms with Crippen LogP contribution in [0.25, 0.3) is 11.0 Å². The van der Waals surface area contributed by atoms with Crippen molar-refractivity contribution in [3.8, 4) is 5.75 Å². The summed E-state index contributed by atoms with van der Waals surface area (Å²) in [5.74, 6) is 1.14. The Morgan fingerprint density at radius 3 is 2.96 bits per heavy atom. The van der Waals surface area contributed by atoms with Crippen molar-refractivity contribution in [2.24, 2.45) is 0 Å². The van der Waals surface area contributed by atoms with Crippen LogP contribution in [0, 0.1) is 0 Å². The number of rotatable bonds is 4. The summed E-state index contributed by atoms with van der Waals surface area (Å²) >= 11 is 0. The predicted octanol–water partition coefficient (Wildman–Crippen LogP) is 2.99. The van der Waals surface area contributed by atoms with Gasteiger partial charge in [-0.2, -0.15) is 10.1 Å². The molecule has 2 aromatic heterocycles. The van der Waals surface area contributed by atoms with E-state index in [1.807, 2.05) is 28.9 Å². The smallest absolute Gasteiger partial charge is 0.263 e. The summed E-state index contributed by atoms with van der Waals surface area (Å²) in [4.78, 5) is 19.7. The second-order valence-corrected chi connectivity index (χ2v) is 6.04. The Labute approximate surface area is 138 Å². The van der Waals surface area contributed by atoms with Gasteiger partial charge in [0.05, 0.1) is 19.3 Å². The Kier molecular flexibility index (Phi) is 3.68. The molecule has 1 aliphatic rings. The number of aromatic amines is 1. The lowest BCUT2D eigenvalue weighted by Crippen LogP contribution is -2.13. The quantitative estimate of drug-likeness (QED) is 0.770. The highest BCUT2D eigenvalue weighted by Gasteiger charge is 2.21. The van der Waals surface area contributed by atoms with Gasteiger partial charge in [-0.15, -0.1) is 0 Å². The number of hydrogen-bond acceptors (Lipinski definition) is 5. The van der Waals surface area contributed by atoms with Gasteiger partial charge in [0.25, 0.3) is 5.56 Å². The minimum absolute atomic E-state index is 0.186. The number of methoxy groups -OCH3 is 1. The zero-order valence-electron chi connectivity index (χ0n) is 13.5. The Balaban J connectivity index is 1.73. The van der Waals surface area contributed by atoms with E-state index in [1.54, 1.807) is 13.3 Å². The molecule has 4 rings (SSSR count). The lowest BCUT2D eigenvalue weighted by molar-refractivity contribution is 0.415. The monoisotopic (exact) mass is 325 g/mol. The lowest BCUT2D eigenvalue weighted by atomic mass is 10.2. The highest BCUT2D eigenvalue weighted by Crippen LogP contribution is 2.30. The number of hydrogen-bond donors (Lipinski definition) is 2. The molecule has 1 aromatic carbocycles. The minimum Gasteiger partial charge on any atom is -0.497 e. The summed E-state index contributed by atoms with van der Waals surface area (Å²) in [6.07, 6.45) is 6.18. The molecule has 1 fully saturated rings. The molecule has 0 atom stereocenters. The normalized spacial score (nSPS) is 15.0. The van der Waals surface area contributed by atoms with E-state index in [1.165, 1.54) is 12.8 Å². The molecule has 0 bridgehead atoms. The fourth-order valence-electron chi connectivity index (χ4n) is 3.25. The topological polar surface area (TPSA) is 84.8 Å². The Morgan fingerprint density at radius 1 is 1.33 bits per heavy atom. The fraction of sp³-hybridized carbons (Fsp3) is 0.353. The molecule has 2 N–H and O–H groups in total. The molecular formula is C17H19N5O2. The van der Waals surface area contributed by atoms with E-state index >= 15 is 0 Å². The van der Waals surface area contributed by atoms with Crippen LogP contribution in [0.3, 0.4) is 0 Å². The number of aromatic nitrogens is 4. The van der Waals surface area contributed by atoms with E-state index in [2.05, 4.69) is 20.4 Å². The van der Waals surface area contributed by atoms with Gasteiger partial charge in [0.15, 0.2) is 5.65 Å². The summed E-state index contributed by atoms with van der Waals surface area (Å²) < 4.78 is 7.11. The number of anilines is 2. The summed E-state index contributed by atoms with van der Waals surface area (Å²) in [5, 5.41) is 8.06.